The van der Waals surface area contributed by atoms with Crippen molar-refractivity contribution in [3.63, 3.8) is 0 Å². The van der Waals surface area contributed by atoms with Crippen LogP contribution in [0.2, 0.25) is 0 Å². The second-order valence-electron chi connectivity index (χ2n) is 3.97. The van der Waals surface area contributed by atoms with Gasteiger partial charge in [0, 0.05) is 18.3 Å². The molecule has 0 radical (unpaired) electrons. The SMILES string of the molecule is CCOCC(C)Nc1ccccc1C(=O)OCC. The fourth-order valence-electron chi connectivity index (χ4n) is 1.60. The molecule has 1 aromatic rings. The summed E-state index contributed by atoms with van der Waals surface area (Å²) in [6, 6.07) is 7.48. The van der Waals surface area contributed by atoms with Crippen molar-refractivity contribution >= 4 is 11.7 Å². The highest BCUT2D eigenvalue weighted by Gasteiger charge is 2.13. The molecule has 1 rings (SSSR count). The second-order valence-corrected chi connectivity index (χ2v) is 3.97. The summed E-state index contributed by atoms with van der Waals surface area (Å²) in [5.74, 6) is -0.302. The van der Waals surface area contributed by atoms with Gasteiger partial charge in [-0.2, -0.15) is 0 Å². The van der Waals surface area contributed by atoms with E-state index in [-0.39, 0.29) is 12.0 Å². The summed E-state index contributed by atoms with van der Waals surface area (Å²) in [5.41, 5.74) is 1.34. The Morgan fingerprint density at radius 1 is 1.28 bits per heavy atom. The molecule has 0 aliphatic heterocycles. The maximum atomic E-state index is 11.8. The van der Waals surface area contributed by atoms with Crippen molar-refractivity contribution in [2.24, 2.45) is 0 Å². The van der Waals surface area contributed by atoms with E-state index in [0.717, 1.165) is 5.69 Å². The van der Waals surface area contributed by atoms with E-state index in [2.05, 4.69) is 5.32 Å². The summed E-state index contributed by atoms with van der Waals surface area (Å²) in [6.07, 6.45) is 0. The molecule has 18 heavy (non-hydrogen) atoms. The van der Waals surface area contributed by atoms with Crippen molar-refractivity contribution in [1.29, 1.82) is 0 Å². The van der Waals surface area contributed by atoms with Crippen LogP contribution in [-0.2, 0) is 9.47 Å². The molecule has 0 aromatic heterocycles. The van der Waals surface area contributed by atoms with Crippen LogP contribution >= 0.6 is 0 Å². The molecular weight excluding hydrogens is 230 g/mol. The van der Waals surface area contributed by atoms with Gasteiger partial charge in [-0.1, -0.05) is 12.1 Å². The number of hydrogen-bond acceptors (Lipinski definition) is 4. The molecule has 0 fully saturated rings. The fourth-order valence-corrected chi connectivity index (χ4v) is 1.60. The van der Waals surface area contributed by atoms with E-state index < -0.39 is 0 Å². The van der Waals surface area contributed by atoms with Gasteiger partial charge in [-0.05, 0) is 32.9 Å². The Morgan fingerprint density at radius 3 is 2.67 bits per heavy atom. The van der Waals surface area contributed by atoms with E-state index in [1.54, 1.807) is 13.0 Å². The molecule has 1 atom stereocenters. The predicted molar refractivity (Wildman–Crippen MR) is 72.0 cm³/mol. The minimum Gasteiger partial charge on any atom is -0.462 e. The average Bonchev–Trinajstić information content (AvgIpc) is 2.37. The summed E-state index contributed by atoms with van der Waals surface area (Å²) in [4.78, 5) is 11.8. The number of esters is 1. The van der Waals surface area contributed by atoms with Crippen LogP contribution in [0.25, 0.3) is 0 Å². The van der Waals surface area contributed by atoms with E-state index in [0.29, 0.717) is 25.4 Å². The number of nitrogens with one attached hydrogen (secondary N) is 1. The highest BCUT2D eigenvalue weighted by atomic mass is 16.5. The number of benzene rings is 1. The first-order chi connectivity index (χ1) is 8.69. The zero-order chi connectivity index (χ0) is 13.4. The van der Waals surface area contributed by atoms with Crippen LogP contribution < -0.4 is 5.32 Å². The van der Waals surface area contributed by atoms with Crippen LogP contribution in [-0.4, -0.2) is 31.8 Å². The second kappa shape index (κ2) is 7.71. The number of ether oxygens (including phenoxy) is 2. The molecule has 0 aliphatic carbocycles. The highest BCUT2D eigenvalue weighted by Crippen LogP contribution is 2.17. The number of para-hydroxylation sites is 1. The number of carbonyl (C=O) groups excluding carboxylic acids is 1. The molecule has 0 spiro atoms. The lowest BCUT2D eigenvalue weighted by Crippen LogP contribution is -2.23. The number of rotatable bonds is 7. The van der Waals surface area contributed by atoms with E-state index >= 15 is 0 Å². The minimum atomic E-state index is -0.302. The summed E-state index contributed by atoms with van der Waals surface area (Å²) in [6.45, 7) is 7.43. The van der Waals surface area contributed by atoms with Crippen molar-refractivity contribution in [1.82, 2.24) is 0 Å². The Labute approximate surface area is 108 Å². The molecule has 100 valence electrons. The normalized spacial score (nSPS) is 11.9. The highest BCUT2D eigenvalue weighted by molar-refractivity contribution is 5.95. The van der Waals surface area contributed by atoms with Crippen molar-refractivity contribution in [3.8, 4) is 0 Å². The monoisotopic (exact) mass is 251 g/mol. The predicted octanol–water partition coefficient (Wildman–Crippen LogP) is 2.70. The summed E-state index contributed by atoms with van der Waals surface area (Å²) in [5, 5.41) is 3.26. The first-order valence-electron chi connectivity index (χ1n) is 6.29. The van der Waals surface area contributed by atoms with Crippen molar-refractivity contribution in [3.05, 3.63) is 29.8 Å². The quantitative estimate of drug-likeness (QED) is 0.757. The van der Waals surface area contributed by atoms with Crippen LogP contribution in [0.1, 0.15) is 31.1 Å². The van der Waals surface area contributed by atoms with Gasteiger partial charge in [0.25, 0.3) is 0 Å². The lowest BCUT2D eigenvalue weighted by molar-refractivity contribution is 0.0527. The van der Waals surface area contributed by atoms with E-state index in [1.165, 1.54) is 0 Å². The molecule has 1 aromatic carbocycles. The van der Waals surface area contributed by atoms with Crippen LogP contribution in [0.4, 0.5) is 5.69 Å². The van der Waals surface area contributed by atoms with Crippen LogP contribution in [0, 0.1) is 0 Å². The Kier molecular flexibility index (Phi) is 6.22. The standard InChI is InChI=1S/C14H21NO3/c1-4-17-10-11(3)15-13-9-7-6-8-12(13)14(16)18-5-2/h6-9,11,15H,4-5,10H2,1-3H3. The number of carbonyl (C=O) groups is 1. The average molecular weight is 251 g/mol. The first-order valence-corrected chi connectivity index (χ1v) is 6.29. The Morgan fingerprint density at radius 2 is 2.00 bits per heavy atom. The van der Waals surface area contributed by atoms with Crippen LogP contribution in [0.3, 0.4) is 0 Å². The Balaban J connectivity index is 2.72. The lowest BCUT2D eigenvalue weighted by atomic mass is 10.1. The van der Waals surface area contributed by atoms with Crippen molar-refractivity contribution in [2.75, 3.05) is 25.1 Å². The third-order valence-electron chi connectivity index (χ3n) is 2.40. The Hall–Kier alpha value is -1.55. The largest absolute Gasteiger partial charge is 0.462 e. The molecule has 0 heterocycles. The molecule has 0 amide bonds. The summed E-state index contributed by atoms with van der Waals surface area (Å²) >= 11 is 0. The van der Waals surface area contributed by atoms with Gasteiger partial charge in [-0.25, -0.2) is 4.79 Å². The van der Waals surface area contributed by atoms with Crippen molar-refractivity contribution in [2.45, 2.75) is 26.8 Å². The van der Waals surface area contributed by atoms with E-state index in [1.807, 2.05) is 32.0 Å². The minimum absolute atomic E-state index is 0.139. The number of hydrogen-bond donors (Lipinski definition) is 1. The van der Waals surface area contributed by atoms with Gasteiger partial charge in [0.2, 0.25) is 0 Å². The molecule has 4 heteroatoms. The molecule has 0 saturated heterocycles. The molecule has 0 bridgehead atoms. The van der Waals surface area contributed by atoms with Gasteiger partial charge in [0.1, 0.15) is 0 Å². The summed E-state index contributed by atoms with van der Waals surface area (Å²) in [7, 11) is 0. The maximum Gasteiger partial charge on any atom is 0.340 e. The van der Waals surface area contributed by atoms with E-state index in [9.17, 15) is 4.79 Å². The lowest BCUT2D eigenvalue weighted by Gasteiger charge is -2.17. The molecule has 0 aliphatic rings. The Bertz CT molecular complexity index is 379. The van der Waals surface area contributed by atoms with Gasteiger partial charge >= 0.3 is 5.97 Å². The molecule has 1 N–H and O–H groups in total. The summed E-state index contributed by atoms with van der Waals surface area (Å²) < 4.78 is 10.4. The van der Waals surface area contributed by atoms with Crippen LogP contribution in [0.15, 0.2) is 24.3 Å². The third kappa shape index (κ3) is 4.37. The van der Waals surface area contributed by atoms with Crippen LogP contribution in [0.5, 0.6) is 0 Å². The van der Waals surface area contributed by atoms with Gasteiger partial charge in [-0.15, -0.1) is 0 Å². The molecular formula is C14H21NO3. The smallest absolute Gasteiger partial charge is 0.340 e. The maximum absolute atomic E-state index is 11.8. The van der Waals surface area contributed by atoms with Crippen molar-refractivity contribution < 1.29 is 14.3 Å². The molecule has 1 unspecified atom stereocenters. The zero-order valence-electron chi connectivity index (χ0n) is 11.2. The zero-order valence-corrected chi connectivity index (χ0v) is 11.2. The topological polar surface area (TPSA) is 47.6 Å². The van der Waals surface area contributed by atoms with Gasteiger partial charge in [-0.3, -0.25) is 0 Å². The third-order valence-corrected chi connectivity index (χ3v) is 2.40. The van der Waals surface area contributed by atoms with Gasteiger partial charge in [0.15, 0.2) is 0 Å². The fraction of sp³-hybridized carbons (Fsp3) is 0.500. The van der Waals surface area contributed by atoms with Gasteiger partial charge in [0.05, 0.1) is 18.8 Å². The van der Waals surface area contributed by atoms with Gasteiger partial charge < -0.3 is 14.8 Å². The molecule has 0 saturated carbocycles. The first kappa shape index (κ1) is 14.5. The molecule has 4 nitrogen and oxygen atoms in total. The number of anilines is 1. The van der Waals surface area contributed by atoms with E-state index in [4.69, 9.17) is 9.47 Å².